The molecule has 90 valence electrons. The molecule has 0 aliphatic rings. The maximum absolute atomic E-state index is 11.8. The van der Waals surface area contributed by atoms with Crippen LogP contribution in [0.5, 0.6) is 0 Å². The average Bonchev–Trinajstić information content (AvgIpc) is 2.83. The van der Waals surface area contributed by atoms with E-state index >= 15 is 0 Å². The molecule has 1 N–H and O–H groups in total. The summed E-state index contributed by atoms with van der Waals surface area (Å²) >= 11 is 6.53. The van der Waals surface area contributed by atoms with Gasteiger partial charge >= 0.3 is 0 Å². The highest BCUT2D eigenvalue weighted by Gasteiger charge is 2.09. The molecule has 0 fully saturated rings. The van der Waals surface area contributed by atoms with Crippen molar-refractivity contribution in [3.05, 3.63) is 42.2 Å². The van der Waals surface area contributed by atoms with Gasteiger partial charge in [-0.05, 0) is 53.5 Å². The third-order valence-electron chi connectivity index (χ3n) is 2.44. The lowest BCUT2D eigenvalue weighted by atomic mass is 10.3. The Morgan fingerprint density at radius 2 is 2.12 bits per heavy atom. The Labute approximate surface area is 117 Å². The predicted molar refractivity (Wildman–Crippen MR) is 77.0 cm³/mol. The molecule has 1 amide bonds. The van der Waals surface area contributed by atoms with E-state index in [1.165, 1.54) is 26.7 Å². The molecule has 2 nitrogen and oxygen atoms in total. The second-order valence-electron chi connectivity index (χ2n) is 3.74. The molecule has 0 aliphatic heterocycles. The van der Waals surface area contributed by atoms with Crippen LogP contribution in [0.1, 0.15) is 25.0 Å². The third kappa shape index (κ3) is 3.18. The first-order valence-corrected chi connectivity index (χ1v) is 7.58. The number of hydrogen-bond acceptors (Lipinski definition) is 3. The van der Waals surface area contributed by atoms with Crippen molar-refractivity contribution in [3.8, 4) is 0 Å². The number of halogens is 1. The Balaban J connectivity index is 1.96. The van der Waals surface area contributed by atoms with Crippen LogP contribution in [0, 0.1) is 13.8 Å². The first-order valence-electron chi connectivity index (χ1n) is 5.15. The molecule has 0 bridgehead atoms. The molecule has 0 aromatic carbocycles. The zero-order valence-corrected chi connectivity index (χ0v) is 12.8. The summed E-state index contributed by atoms with van der Waals surface area (Å²) in [5, 5.41) is 2.93. The van der Waals surface area contributed by atoms with Gasteiger partial charge in [0.15, 0.2) is 0 Å². The Hall–Kier alpha value is -0.650. The van der Waals surface area contributed by atoms with Crippen LogP contribution in [0.4, 0.5) is 0 Å². The lowest BCUT2D eigenvalue weighted by Crippen LogP contribution is -2.21. The van der Waals surface area contributed by atoms with Gasteiger partial charge in [0.05, 0.1) is 15.2 Å². The lowest BCUT2D eigenvalue weighted by Gasteiger charge is -2.00. The zero-order chi connectivity index (χ0) is 12.4. The molecule has 0 aliphatic carbocycles. The minimum Gasteiger partial charge on any atom is -0.346 e. The number of rotatable bonds is 3. The predicted octanol–water partition coefficient (Wildman–Crippen LogP) is 4.12. The summed E-state index contributed by atoms with van der Waals surface area (Å²) < 4.78 is 0.977. The topological polar surface area (TPSA) is 29.1 Å². The summed E-state index contributed by atoms with van der Waals surface area (Å²) in [6, 6.07) is 5.85. The highest BCUT2D eigenvalue weighted by atomic mass is 79.9. The van der Waals surface area contributed by atoms with Crippen LogP contribution in [0.15, 0.2) is 22.0 Å². The molecule has 0 saturated heterocycles. The van der Waals surface area contributed by atoms with E-state index in [2.05, 4.69) is 41.2 Å². The summed E-state index contributed by atoms with van der Waals surface area (Å²) in [4.78, 5) is 15.1. The molecule has 2 heterocycles. The van der Waals surface area contributed by atoms with Crippen molar-refractivity contribution in [3.63, 3.8) is 0 Å². The van der Waals surface area contributed by atoms with Gasteiger partial charge in [-0.1, -0.05) is 0 Å². The molecular weight excluding hydrogens is 318 g/mol. The van der Waals surface area contributed by atoms with Gasteiger partial charge in [-0.2, -0.15) is 0 Å². The van der Waals surface area contributed by atoms with Gasteiger partial charge < -0.3 is 5.32 Å². The summed E-state index contributed by atoms with van der Waals surface area (Å²) in [6.07, 6.45) is 0. The van der Waals surface area contributed by atoms with Crippen LogP contribution in [0.25, 0.3) is 0 Å². The average molecular weight is 330 g/mol. The summed E-state index contributed by atoms with van der Waals surface area (Å²) in [7, 11) is 0. The van der Waals surface area contributed by atoms with Crippen LogP contribution in [0.3, 0.4) is 0 Å². The van der Waals surface area contributed by atoms with Crippen molar-refractivity contribution in [2.24, 2.45) is 0 Å². The number of amides is 1. The molecule has 0 unspecified atom stereocenters. The molecule has 2 aromatic rings. The number of aryl methyl sites for hydroxylation is 2. The Morgan fingerprint density at radius 1 is 1.35 bits per heavy atom. The quantitative estimate of drug-likeness (QED) is 0.901. The monoisotopic (exact) mass is 329 g/mol. The van der Waals surface area contributed by atoms with Crippen LogP contribution in [0.2, 0.25) is 0 Å². The number of carbonyl (C=O) groups excluding carboxylic acids is 1. The van der Waals surface area contributed by atoms with Crippen molar-refractivity contribution in [2.75, 3.05) is 0 Å². The maximum Gasteiger partial charge on any atom is 0.261 e. The second kappa shape index (κ2) is 5.33. The van der Waals surface area contributed by atoms with Crippen LogP contribution >= 0.6 is 38.6 Å². The van der Waals surface area contributed by atoms with Gasteiger partial charge in [0, 0.05) is 9.75 Å². The van der Waals surface area contributed by atoms with Crippen molar-refractivity contribution in [1.29, 1.82) is 0 Å². The first-order chi connectivity index (χ1) is 8.06. The summed E-state index contributed by atoms with van der Waals surface area (Å²) in [5.74, 6) is -0.00981. The number of thiophene rings is 2. The molecule has 0 radical (unpaired) electrons. The van der Waals surface area contributed by atoms with Gasteiger partial charge in [0.2, 0.25) is 0 Å². The standard InChI is InChI=1S/C12H12BrNOS2/c1-7-5-9(16-8(7)2)6-14-12(15)10-3-4-11(13)17-10/h3-5H,6H2,1-2H3,(H,14,15). The van der Waals surface area contributed by atoms with Crippen molar-refractivity contribution < 1.29 is 4.79 Å². The SMILES string of the molecule is Cc1cc(CNC(=O)c2ccc(Br)s2)sc1C. The van der Waals surface area contributed by atoms with Crippen molar-refractivity contribution in [2.45, 2.75) is 20.4 Å². The number of nitrogens with one attached hydrogen (secondary N) is 1. The highest BCUT2D eigenvalue weighted by molar-refractivity contribution is 9.11. The molecule has 2 aromatic heterocycles. The third-order valence-corrected chi connectivity index (χ3v) is 5.21. The molecular formula is C12H12BrNOS2. The largest absolute Gasteiger partial charge is 0.346 e. The van der Waals surface area contributed by atoms with E-state index in [0.717, 1.165) is 8.66 Å². The number of hydrogen-bond donors (Lipinski definition) is 1. The Kier molecular flexibility index (Phi) is 4.01. The molecule has 0 saturated carbocycles. The minimum atomic E-state index is -0.00981. The highest BCUT2D eigenvalue weighted by Crippen LogP contribution is 2.23. The van der Waals surface area contributed by atoms with E-state index in [-0.39, 0.29) is 5.91 Å². The fourth-order valence-electron chi connectivity index (χ4n) is 1.43. The van der Waals surface area contributed by atoms with Gasteiger partial charge in [-0.25, -0.2) is 0 Å². The number of carbonyl (C=O) groups is 1. The van der Waals surface area contributed by atoms with Crippen LogP contribution in [-0.2, 0) is 6.54 Å². The van der Waals surface area contributed by atoms with Gasteiger partial charge in [-0.3, -0.25) is 4.79 Å². The van der Waals surface area contributed by atoms with Crippen LogP contribution in [-0.4, -0.2) is 5.91 Å². The molecule has 17 heavy (non-hydrogen) atoms. The summed E-state index contributed by atoms with van der Waals surface area (Å²) in [5.41, 5.74) is 1.29. The first kappa shape index (κ1) is 12.8. The molecule has 0 spiro atoms. The van der Waals surface area contributed by atoms with Gasteiger partial charge in [0.1, 0.15) is 0 Å². The van der Waals surface area contributed by atoms with Crippen molar-refractivity contribution in [1.82, 2.24) is 5.32 Å². The molecule has 0 atom stereocenters. The van der Waals surface area contributed by atoms with Gasteiger partial charge in [-0.15, -0.1) is 22.7 Å². The van der Waals surface area contributed by atoms with E-state index in [1.54, 1.807) is 11.3 Å². The maximum atomic E-state index is 11.8. The Morgan fingerprint density at radius 3 is 2.65 bits per heavy atom. The van der Waals surface area contributed by atoms with Crippen LogP contribution < -0.4 is 5.32 Å². The van der Waals surface area contributed by atoms with E-state index in [9.17, 15) is 4.79 Å². The van der Waals surface area contributed by atoms with Crippen molar-refractivity contribution >= 4 is 44.5 Å². The Bertz CT molecular complexity index is 525. The fourth-order valence-corrected chi connectivity index (χ4v) is 3.72. The van der Waals surface area contributed by atoms with E-state index in [1.807, 2.05) is 12.1 Å². The summed E-state index contributed by atoms with van der Waals surface area (Å²) in [6.45, 7) is 4.79. The normalized spacial score (nSPS) is 10.5. The molecule has 2 rings (SSSR count). The lowest BCUT2D eigenvalue weighted by molar-refractivity contribution is 0.0955. The van der Waals surface area contributed by atoms with Gasteiger partial charge in [0.25, 0.3) is 5.91 Å². The van der Waals surface area contributed by atoms with E-state index in [0.29, 0.717) is 6.54 Å². The fraction of sp³-hybridized carbons (Fsp3) is 0.250. The zero-order valence-electron chi connectivity index (χ0n) is 9.54. The minimum absolute atomic E-state index is 0.00981. The van der Waals surface area contributed by atoms with E-state index in [4.69, 9.17) is 0 Å². The molecule has 5 heteroatoms. The smallest absolute Gasteiger partial charge is 0.261 e. The van der Waals surface area contributed by atoms with E-state index < -0.39 is 0 Å². The second-order valence-corrected chi connectivity index (χ2v) is 7.54.